The van der Waals surface area contributed by atoms with E-state index in [0.29, 0.717) is 0 Å². The molecule has 0 N–H and O–H groups in total. The molecule has 0 bridgehead atoms. The predicted molar refractivity (Wildman–Crippen MR) is 253 cm³/mol. The molecule has 7 aromatic carbocycles. The molecule has 1 atom stereocenters. The number of nitrogens with zero attached hydrogens (tertiary/aromatic N) is 2. The van der Waals surface area contributed by atoms with Crippen molar-refractivity contribution in [2.24, 2.45) is 0 Å². The van der Waals surface area contributed by atoms with Gasteiger partial charge in [-0.15, -0.1) is 0 Å². The fourth-order valence-corrected chi connectivity index (χ4v) is 17.4. The van der Waals surface area contributed by atoms with Crippen molar-refractivity contribution in [3.8, 4) is 22.5 Å². The van der Waals surface area contributed by atoms with E-state index in [1.54, 1.807) is 21.5 Å². The predicted octanol–water partition coefficient (Wildman–Crippen LogP) is 9.00. The maximum Gasteiger partial charge on any atom is 0.243 e. The van der Waals surface area contributed by atoms with Crippen LogP contribution in [-0.4, -0.2) is 23.9 Å². The summed E-state index contributed by atoms with van der Waals surface area (Å²) in [4.78, 5) is 2.80. The number of para-hydroxylation sites is 2. The normalized spacial score (nSPS) is 17.4. The highest BCUT2D eigenvalue weighted by Crippen LogP contribution is 2.40. The highest BCUT2D eigenvalue weighted by atomic mass is 32.2. The number of hydrogen-bond acceptors (Lipinski definition) is 1. The van der Waals surface area contributed by atoms with Crippen LogP contribution in [0.1, 0.15) is 41.8 Å². The number of hydrogen-bond donors (Lipinski definition) is 0. The first-order valence-electron chi connectivity index (χ1n) is 21.6. The van der Waals surface area contributed by atoms with Crippen molar-refractivity contribution < 1.29 is 0 Å². The second kappa shape index (κ2) is 12.9. The Morgan fingerprint density at radius 3 is 1.88 bits per heavy atom. The smallest absolute Gasteiger partial charge is 0.243 e. The summed E-state index contributed by atoms with van der Waals surface area (Å²) in [6.45, 7) is 2.79. The average Bonchev–Trinajstić information content (AvgIpc) is 3.99. The minimum absolute atomic E-state index is 0.143. The summed E-state index contributed by atoms with van der Waals surface area (Å²) in [5, 5.41) is 7.44. The zero-order valence-corrected chi connectivity index (χ0v) is 35.2. The molecule has 13 rings (SSSR count). The van der Waals surface area contributed by atoms with E-state index in [9.17, 15) is 0 Å². The average molecular weight is 791 g/mol. The molecule has 0 spiro atoms. The third-order valence-electron chi connectivity index (χ3n) is 14.5. The van der Waals surface area contributed by atoms with Crippen molar-refractivity contribution in [1.82, 2.24) is 9.13 Å². The van der Waals surface area contributed by atoms with Crippen molar-refractivity contribution in [3.63, 3.8) is 0 Å². The van der Waals surface area contributed by atoms with Crippen molar-refractivity contribution in [3.05, 3.63) is 180 Å². The molecule has 2 aliphatic carbocycles. The second-order valence-electron chi connectivity index (χ2n) is 17.4. The Bertz CT molecular complexity index is 3200. The van der Waals surface area contributed by atoms with Crippen molar-refractivity contribution in [1.29, 1.82) is 0 Å². The summed E-state index contributed by atoms with van der Waals surface area (Å²) < 4.78 is 5.26. The van der Waals surface area contributed by atoms with Crippen LogP contribution in [0.5, 0.6) is 0 Å². The number of aryl methyl sites for hydroxylation is 2. The molecule has 0 saturated heterocycles. The van der Waals surface area contributed by atoms with Gasteiger partial charge in [-0.1, -0.05) is 166 Å². The first-order valence-corrected chi connectivity index (χ1v) is 25.0. The molecule has 2 aliphatic heterocycles. The highest BCUT2D eigenvalue weighted by Gasteiger charge is 2.49. The Labute approximate surface area is 351 Å². The van der Waals surface area contributed by atoms with Crippen LogP contribution in [0.25, 0.3) is 44.3 Å². The van der Waals surface area contributed by atoms with Crippen molar-refractivity contribution in [2.75, 3.05) is 0 Å². The monoisotopic (exact) mass is 790 g/mol. The number of benzene rings is 7. The maximum absolute atomic E-state index is 2.67. The van der Waals surface area contributed by atoms with Crippen LogP contribution in [0, 0.1) is 0 Å². The molecule has 4 heterocycles. The van der Waals surface area contributed by atoms with Crippen LogP contribution in [0.3, 0.4) is 0 Å². The van der Waals surface area contributed by atoms with Gasteiger partial charge in [-0.05, 0) is 109 Å². The van der Waals surface area contributed by atoms with E-state index in [2.05, 4.69) is 173 Å². The largest absolute Gasteiger partial charge is 0.313 e. The lowest BCUT2D eigenvalue weighted by molar-refractivity contribution is 0.667. The van der Waals surface area contributed by atoms with Crippen molar-refractivity contribution in [2.45, 2.75) is 61.3 Å². The van der Waals surface area contributed by atoms with Gasteiger partial charge in [-0.25, -0.2) is 0 Å². The van der Waals surface area contributed by atoms with Gasteiger partial charge in [0, 0.05) is 43.3 Å². The summed E-state index contributed by atoms with van der Waals surface area (Å²) in [6.07, 6.45) is 8.36. The van der Waals surface area contributed by atoms with E-state index < -0.39 is 8.07 Å². The lowest BCUT2D eigenvalue weighted by Crippen LogP contribution is -2.82. The Kier molecular flexibility index (Phi) is 7.45. The molecule has 2 aromatic heterocycles. The summed E-state index contributed by atoms with van der Waals surface area (Å²) >= 11 is 2.02. The molecular weight excluding hydrogens is 748 g/mol. The summed E-state index contributed by atoms with van der Waals surface area (Å²) in [7, 11) is -2.53. The molecule has 0 radical (unpaired) electrons. The molecule has 0 amide bonds. The summed E-state index contributed by atoms with van der Waals surface area (Å²) in [5.74, 6) is 0. The molecule has 5 heteroatoms. The van der Waals surface area contributed by atoms with Gasteiger partial charge in [-0.2, -0.15) is 0 Å². The standard InChI is InChI=1S/C54H43BN2SSi/c1-59(39-17-6-3-7-18-39)52-30-27-36(35-15-4-2-5-16-35)31-45(52)55-44-29-28-37(56-46-23-11-8-21-42(46)43-22-14-26-49(43)56)32-50(44)58-51-33-38(34-53(59)54(51)55)57-47-24-12-9-19-40(47)41-20-10-13-25-48(41)57/h2-9,11-12,15-19,21,23-24,27-34H,10,13-14,20,22,25-26H2,1H3. The lowest BCUT2D eigenvalue weighted by Gasteiger charge is -2.43. The Morgan fingerprint density at radius 2 is 1.12 bits per heavy atom. The van der Waals surface area contributed by atoms with Crippen LogP contribution in [0.4, 0.5) is 0 Å². The lowest BCUT2D eigenvalue weighted by atomic mass is 9.36. The van der Waals surface area contributed by atoms with Gasteiger partial charge in [0.2, 0.25) is 6.71 Å². The second-order valence-corrected chi connectivity index (χ2v) is 22.4. The molecular formula is C54H43BN2SSi. The van der Waals surface area contributed by atoms with Crippen LogP contribution in [0.15, 0.2) is 168 Å². The third-order valence-corrected chi connectivity index (χ3v) is 20.1. The fourth-order valence-electron chi connectivity index (χ4n) is 11.8. The summed E-state index contributed by atoms with van der Waals surface area (Å²) in [5.41, 5.74) is 18.5. The first-order chi connectivity index (χ1) is 29.1. The van der Waals surface area contributed by atoms with Crippen LogP contribution in [-0.2, 0) is 25.7 Å². The quantitative estimate of drug-likeness (QED) is 0.162. The molecule has 0 saturated carbocycles. The molecule has 0 fully saturated rings. The molecule has 9 aromatic rings. The van der Waals surface area contributed by atoms with E-state index in [-0.39, 0.29) is 6.71 Å². The van der Waals surface area contributed by atoms with Gasteiger partial charge >= 0.3 is 0 Å². The Hall–Kier alpha value is -5.75. The van der Waals surface area contributed by atoms with Gasteiger partial charge in [-0.3, -0.25) is 0 Å². The van der Waals surface area contributed by atoms with Crippen LogP contribution < -0.4 is 31.9 Å². The third kappa shape index (κ3) is 4.83. The molecule has 1 unspecified atom stereocenters. The first kappa shape index (κ1) is 34.1. The van der Waals surface area contributed by atoms with E-state index in [1.165, 1.54) is 119 Å². The Morgan fingerprint density at radius 1 is 0.492 bits per heavy atom. The zero-order valence-electron chi connectivity index (χ0n) is 33.3. The molecule has 4 aliphatic rings. The van der Waals surface area contributed by atoms with E-state index >= 15 is 0 Å². The van der Waals surface area contributed by atoms with Gasteiger partial charge in [0.25, 0.3) is 0 Å². The molecule has 59 heavy (non-hydrogen) atoms. The van der Waals surface area contributed by atoms with E-state index in [1.807, 2.05) is 11.8 Å². The number of rotatable bonds is 4. The highest BCUT2D eigenvalue weighted by molar-refractivity contribution is 8.00. The van der Waals surface area contributed by atoms with E-state index in [0.717, 1.165) is 12.8 Å². The van der Waals surface area contributed by atoms with Gasteiger partial charge in [0.15, 0.2) is 0 Å². The fraction of sp³-hybridized carbons (Fsp3) is 0.148. The minimum Gasteiger partial charge on any atom is -0.313 e. The minimum atomic E-state index is -2.53. The zero-order chi connectivity index (χ0) is 38.8. The molecule has 2 nitrogen and oxygen atoms in total. The molecule has 282 valence electrons. The van der Waals surface area contributed by atoms with Gasteiger partial charge in [0.05, 0.1) is 11.0 Å². The van der Waals surface area contributed by atoms with Crippen molar-refractivity contribution >= 4 is 80.3 Å². The maximum atomic E-state index is 2.67. The Balaban J connectivity index is 1.11. The van der Waals surface area contributed by atoms with Crippen LogP contribution in [0.2, 0.25) is 6.55 Å². The SMILES string of the molecule is C[Si]1(c2ccccc2)c2ccc(-c3ccccc3)cc2B2c3ccc(-n4c5c(c6ccccc64)CCC5)cc3Sc3cc(-n4c5c(c6ccccc64)CCCC5)cc1c32. The van der Waals surface area contributed by atoms with Gasteiger partial charge in [0.1, 0.15) is 8.07 Å². The van der Waals surface area contributed by atoms with E-state index in [4.69, 9.17) is 0 Å². The number of aromatic nitrogens is 2. The summed E-state index contributed by atoms with van der Waals surface area (Å²) in [6, 6.07) is 61.1. The van der Waals surface area contributed by atoms with Gasteiger partial charge < -0.3 is 9.13 Å². The topological polar surface area (TPSA) is 9.86 Å². The van der Waals surface area contributed by atoms with Crippen LogP contribution >= 0.6 is 11.8 Å². The number of fused-ring (bicyclic) bond motifs is 10.